The van der Waals surface area contributed by atoms with Crippen molar-refractivity contribution in [1.29, 1.82) is 0 Å². The number of allylic oxidation sites excluding steroid dienone is 2. The van der Waals surface area contributed by atoms with Crippen LogP contribution >= 0.6 is 0 Å². The molecule has 0 aromatic heterocycles. The Morgan fingerprint density at radius 1 is 1.31 bits per heavy atom. The molecule has 0 aliphatic carbocycles. The topological polar surface area (TPSA) is 29.5 Å². The third-order valence-electron chi connectivity index (χ3n) is 2.18. The second-order valence-electron chi connectivity index (χ2n) is 3.47. The van der Waals surface area contributed by atoms with Crippen molar-refractivity contribution < 1.29 is 9.84 Å². The van der Waals surface area contributed by atoms with Crippen molar-refractivity contribution in [3.63, 3.8) is 0 Å². The molecular weight excluding hydrogens is 200 g/mol. The van der Waals surface area contributed by atoms with E-state index in [2.05, 4.69) is 6.58 Å². The largest absolute Gasteiger partial charge is 0.396 e. The molecule has 1 atom stereocenters. The van der Waals surface area contributed by atoms with Crippen molar-refractivity contribution in [2.75, 3.05) is 6.61 Å². The monoisotopic (exact) mass is 218 g/mol. The van der Waals surface area contributed by atoms with Gasteiger partial charge in [-0.15, -0.1) is 0 Å². The van der Waals surface area contributed by atoms with Gasteiger partial charge in [-0.2, -0.15) is 0 Å². The summed E-state index contributed by atoms with van der Waals surface area (Å²) in [7, 11) is 0. The number of hydrogen-bond donors (Lipinski definition) is 1. The van der Waals surface area contributed by atoms with Crippen molar-refractivity contribution in [2.24, 2.45) is 0 Å². The highest BCUT2D eigenvalue weighted by atomic mass is 16.5. The molecule has 0 heterocycles. The molecule has 0 saturated carbocycles. The molecule has 0 bridgehead atoms. The van der Waals surface area contributed by atoms with Gasteiger partial charge in [0.05, 0.1) is 12.7 Å². The fourth-order valence-corrected chi connectivity index (χ4v) is 1.34. The van der Waals surface area contributed by atoms with Gasteiger partial charge in [0.25, 0.3) is 0 Å². The molecule has 86 valence electrons. The number of benzene rings is 1. The minimum atomic E-state index is -0.0526. The predicted molar refractivity (Wildman–Crippen MR) is 66.1 cm³/mol. The summed E-state index contributed by atoms with van der Waals surface area (Å²) < 4.78 is 5.68. The van der Waals surface area contributed by atoms with Gasteiger partial charge in [0.15, 0.2) is 0 Å². The Bertz CT molecular complexity index is 317. The van der Waals surface area contributed by atoms with E-state index >= 15 is 0 Å². The molecule has 1 aromatic carbocycles. The van der Waals surface area contributed by atoms with Crippen LogP contribution < -0.4 is 0 Å². The van der Waals surface area contributed by atoms with Crippen LogP contribution in [0.2, 0.25) is 0 Å². The van der Waals surface area contributed by atoms with Crippen LogP contribution in [0.15, 0.2) is 55.1 Å². The quantitative estimate of drug-likeness (QED) is 0.713. The van der Waals surface area contributed by atoms with Crippen LogP contribution in [0.5, 0.6) is 0 Å². The smallest absolute Gasteiger partial charge is 0.0785 e. The highest BCUT2D eigenvalue weighted by Gasteiger charge is 2.03. The fraction of sp³-hybridized carbons (Fsp3) is 0.286. The summed E-state index contributed by atoms with van der Waals surface area (Å²) in [5.41, 5.74) is 1.14. The molecule has 1 rings (SSSR count). The molecule has 1 N–H and O–H groups in total. The Labute approximate surface area is 96.9 Å². The maximum atomic E-state index is 8.89. The van der Waals surface area contributed by atoms with Gasteiger partial charge in [0, 0.05) is 13.0 Å². The van der Waals surface area contributed by atoms with Gasteiger partial charge in [0.1, 0.15) is 0 Å². The predicted octanol–water partition coefficient (Wildman–Crippen LogP) is 2.70. The number of ether oxygens (including phenoxy) is 1. The maximum Gasteiger partial charge on any atom is 0.0785 e. The standard InChI is InChI=1S/C14H18O2/c1-2-3-9-14(10-11-15)16-12-13-7-5-4-6-8-13/h2-9,14-15H,1,10-12H2. The van der Waals surface area contributed by atoms with Gasteiger partial charge in [-0.05, 0) is 5.56 Å². The van der Waals surface area contributed by atoms with E-state index in [0.717, 1.165) is 5.56 Å². The molecule has 0 fully saturated rings. The molecule has 0 aliphatic heterocycles. The zero-order chi connectivity index (χ0) is 11.6. The Balaban J connectivity index is 2.43. The molecule has 2 nitrogen and oxygen atoms in total. The van der Waals surface area contributed by atoms with Crippen LogP contribution in [0.25, 0.3) is 0 Å². The van der Waals surface area contributed by atoms with Gasteiger partial charge in [0.2, 0.25) is 0 Å². The first-order chi connectivity index (χ1) is 7.86. The van der Waals surface area contributed by atoms with Crippen molar-refractivity contribution in [2.45, 2.75) is 19.1 Å². The lowest BCUT2D eigenvalue weighted by molar-refractivity contribution is 0.0544. The lowest BCUT2D eigenvalue weighted by Gasteiger charge is -2.12. The van der Waals surface area contributed by atoms with E-state index in [1.54, 1.807) is 6.08 Å². The molecule has 0 radical (unpaired) electrons. The van der Waals surface area contributed by atoms with E-state index in [-0.39, 0.29) is 12.7 Å². The van der Waals surface area contributed by atoms with Crippen molar-refractivity contribution in [3.05, 3.63) is 60.7 Å². The average molecular weight is 218 g/mol. The van der Waals surface area contributed by atoms with E-state index in [9.17, 15) is 0 Å². The van der Waals surface area contributed by atoms with Crippen LogP contribution in [0.1, 0.15) is 12.0 Å². The number of hydrogen-bond acceptors (Lipinski definition) is 2. The lowest BCUT2D eigenvalue weighted by Crippen LogP contribution is -2.11. The van der Waals surface area contributed by atoms with Crippen molar-refractivity contribution >= 4 is 0 Å². The second-order valence-corrected chi connectivity index (χ2v) is 3.47. The van der Waals surface area contributed by atoms with Gasteiger partial charge in [-0.1, -0.05) is 55.1 Å². The third-order valence-corrected chi connectivity index (χ3v) is 2.18. The first-order valence-corrected chi connectivity index (χ1v) is 5.42. The molecule has 16 heavy (non-hydrogen) atoms. The highest BCUT2D eigenvalue weighted by Crippen LogP contribution is 2.07. The highest BCUT2D eigenvalue weighted by molar-refractivity contribution is 5.13. The zero-order valence-corrected chi connectivity index (χ0v) is 9.38. The summed E-state index contributed by atoms with van der Waals surface area (Å²) in [5, 5.41) is 8.89. The molecule has 0 aliphatic rings. The molecule has 1 unspecified atom stereocenters. The van der Waals surface area contributed by atoms with E-state index < -0.39 is 0 Å². The van der Waals surface area contributed by atoms with Gasteiger partial charge in [-0.3, -0.25) is 0 Å². The Hall–Kier alpha value is -1.38. The first kappa shape index (κ1) is 12.7. The Morgan fingerprint density at radius 2 is 2.06 bits per heavy atom. The van der Waals surface area contributed by atoms with E-state index in [1.807, 2.05) is 42.5 Å². The number of rotatable bonds is 7. The van der Waals surface area contributed by atoms with Gasteiger partial charge < -0.3 is 9.84 Å². The van der Waals surface area contributed by atoms with E-state index in [4.69, 9.17) is 9.84 Å². The zero-order valence-electron chi connectivity index (χ0n) is 9.38. The van der Waals surface area contributed by atoms with Gasteiger partial charge >= 0.3 is 0 Å². The van der Waals surface area contributed by atoms with Gasteiger partial charge in [-0.25, -0.2) is 0 Å². The number of aliphatic hydroxyl groups is 1. The fourth-order valence-electron chi connectivity index (χ4n) is 1.34. The summed E-state index contributed by atoms with van der Waals surface area (Å²) in [4.78, 5) is 0. The summed E-state index contributed by atoms with van der Waals surface area (Å²) in [5.74, 6) is 0. The van der Waals surface area contributed by atoms with Crippen LogP contribution in [0, 0.1) is 0 Å². The molecule has 2 heteroatoms. The normalized spacial score (nSPS) is 12.8. The molecule has 0 amide bonds. The lowest BCUT2D eigenvalue weighted by atomic mass is 10.2. The molecular formula is C14H18O2. The van der Waals surface area contributed by atoms with Crippen LogP contribution in [-0.2, 0) is 11.3 Å². The Kier molecular flexibility index (Phi) is 6.23. The summed E-state index contributed by atoms with van der Waals surface area (Å²) in [6.45, 7) is 4.29. The maximum absolute atomic E-state index is 8.89. The van der Waals surface area contributed by atoms with Crippen molar-refractivity contribution in [1.82, 2.24) is 0 Å². The van der Waals surface area contributed by atoms with Crippen LogP contribution in [0.4, 0.5) is 0 Å². The summed E-state index contributed by atoms with van der Waals surface area (Å²) in [6.07, 6.45) is 6.01. The first-order valence-electron chi connectivity index (χ1n) is 5.42. The van der Waals surface area contributed by atoms with E-state index in [0.29, 0.717) is 13.0 Å². The molecule has 0 spiro atoms. The summed E-state index contributed by atoms with van der Waals surface area (Å²) in [6, 6.07) is 9.99. The van der Waals surface area contributed by atoms with Crippen LogP contribution in [0.3, 0.4) is 0 Å². The third kappa shape index (κ3) is 4.91. The minimum Gasteiger partial charge on any atom is -0.396 e. The molecule has 1 aromatic rings. The Morgan fingerprint density at radius 3 is 2.69 bits per heavy atom. The second kappa shape index (κ2) is 7.85. The number of aliphatic hydroxyl groups excluding tert-OH is 1. The van der Waals surface area contributed by atoms with Crippen LogP contribution in [-0.4, -0.2) is 17.8 Å². The van der Waals surface area contributed by atoms with E-state index in [1.165, 1.54) is 0 Å². The average Bonchev–Trinajstić information content (AvgIpc) is 2.34. The molecule has 0 saturated heterocycles. The minimum absolute atomic E-state index is 0.0526. The van der Waals surface area contributed by atoms with Crippen molar-refractivity contribution in [3.8, 4) is 0 Å². The SMILES string of the molecule is C=CC=CC(CCO)OCc1ccccc1. The summed E-state index contributed by atoms with van der Waals surface area (Å²) >= 11 is 0.